The van der Waals surface area contributed by atoms with Gasteiger partial charge < -0.3 is 9.80 Å². The smallest absolute Gasteiger partial charge is 0.101 e. The Morgan fingerprint density at radius 1 is 0.351 bits per heavy atom. The van der Waals surface area contributed by atoms with E-state index < -0.39 is 0 Å². The van der Waals surface area contributed by atoms with E-state index in [1.165, 1.54) is 186 Å². The summed E-state index contributed by atoms with van der Waals surface area (Å²) in [6.07, 6.45) is 44.0. The van der Waals surface area contributed by atoms with Crippen LogP contribution in [-0.4, -0.2) is 29.1 Å². The van der Waals surface area contributed by atoms with E-state index in [1.807, 2.05) is 0 Å². The van der Waals surface area contributed by atoms with Crippen molar-refractivity contribution in [1.29, 1.82) is 0 Å². The van der Waals surface area contributed by atoms with Crippen molar-refractivity contribution >= 4 is 0 Å². The molecule has 0 N–H and O–H groups in total. The van der Waals surface area contributed by atoms with Crippen LogP contribution < -0.4 is 0 Å². The van der Waals surface area contributed by atoms with Crippen molar-refractivity contribution in [2.75, 3.05) is 13.1 Å². The Hall–Kier alpha value is -0.660. The second-order valence-corrected chi connectivity index (χ2v) is 12.2. The monoisotopic (exact) mass is 519 g/mol. The molecule has 0 radical (unpaired) electrons. The highest BCUT2D eigenvalue weighted by atomic mass is 15.4. The fourth-order valence-electron chi connectivity index (χ4n) is 5.98. The molecular weight excluding hydrogens is 448 g/mol. The van der Waals surface area contributed by atoms with Gasteiger partial charge in [0.2, 0.25) is 0 Å². The fraction of sp³-hybridized carbons (Fsp3) is 0.943. The lowest BCUT2D eigenvalue weighted by atomic mass is 10.0. The van der Waals surface area contributed by atoms with E-state index in [9.17, 15) is 0 Å². The van der Waals surface area contributed by atoms with Crippen LogP contribution in [0.2, 0.25) is 0 Å². The van der Waals surface area contributed by atoms with E-state index in [0.717, 1.165) is 0 Å². The average molecular weight is 519 g/mol. The van der Waals surface area contributed by atoms with Crippen molar-refractivity contribution in [3.05, 3.63) is 12.4 Å². The summed E-state index contributed by atoms with van der Waals surface area (Å²) in [6.45, 7) is 9.44. The van der Waals surface area contributed by atoms with Crippen molar-refractivity contribution < 1.29 is 0 Å². The van der Waals surface area contributed by atoms with Gasteiger partial charge in [-0.15, -0.1) is 0 Å². The number of nitrogens with zero attached hydrogens (tertiary/aromatic N) is 2. The first-order valence-electron chi connectivity index (χ1n) is 17.5. The lowest BCUT2D eigenvalue weighted by molar-refractivity contribution is 0.136. The molecule has 0 aromatic rings. The van der Waals surface area contributed by atoms with Crippen molar-refractivity contribution in [2.24, 2.45) is 0 Å². The van der Waals surface area contributed by atoms with E-state index >= 15 is 0 Å². The molecule has 220 valence electrons. The molecule has 0 aliphatic carbocycles. The number of hydrogen-bond donors (Lipinski definition) is 0. The van der Waals surface area contributed by atoms with Gasteiger partial charge in [-0.05, 0) is 25.7 Å². The van der Waals surface area contributed by atoms with Gasteiger partial charge >= 0.3 is 0 Å². The zero-order valence-electron chi connectivity index (χ0n) is 26.1. The molecule has 1 aliphatic heterocycles. The van der Waals surface area contributed by atoms with Gasteiger partial charge in [-0.25, -0.2) is 0 Å². The third kappa shape index (κ3) is 20.0. The molecule has 1 heterocycles. The summed E-state index contributed by atoms with van der Waals surface area (Å²) in [5, 5.41) is 0. The number of unbranched alkanes of at least 4 members (excludes halogenated alkanes) is 23. The van der Waals surface area contributed by atoms with E-state index in [0.29, 0.717) is 6.17 Å². The molecule has 0 bridgehead atoms. The van der Waals surface area contributed by atoms with Crippen molar-refractivity contribution in [3.63, 3.8) is 0 Å². The summed E-state index contributed by atoms with van der Waals surface area (Å²) in [6, 6.07) is 0. The summed E-state index contributed by atoms with van der Waals surface area (Å²) in [7, 11) is 0. The highest BCUT2D eigenvalue weighted by molar-refractivity contribution is 4.96. The molecule has 1 unspecified atom stereocenters. The van der Waals surface area contributed by atoms with Crippen LogP contribution in [-0.2, 0) is 0 Å². The van der Waals surface area contributed by atoms with Crippen LogP contribution in [0.25, 0.3) is 0 Å². The van der Waals surface area contributed by atoms with E-state index in [1.54, 1.807) is 0 Å². The highest BCUT2D eigenvalue weighted by Crippen LogP contribution is 2.23. The first kappa shape index (κ1) is 34.4. The minimum absolute atomic E-state index is 0.641. The molecule has 1 rings (SSSR count). The first-order valence-corrected chi connectivity index (χ1v) is 17.5. The van der Waals surface area contributed by atoms with Crippen LogP contribution in [0.3, 0.4) is 0 Å². The first-order chi connectivity index (χ1) is 18.3. The van der Waals surface area contributed by atoms with Gasteiger partial charge in [0.1, 0.15) is 6.17 Å². The Bertz CT molecular complexity index is 474. The van der Waals surface area contributed by atoms with Gasteiger partial charge in [0, 0.05) is 25.5 Å². The predicted octanol–water partition coefficient (Wildman–Crippen LogP) is 12.0. The average Bonchev–Trinajstić information content (AvgIpc) is 3.29. The standard InChI is InChI=1S/C35H70N2/c1-4-7-10-12-14-16-18-19-20-22-24-26-28-30-35-36(31-9-6-3)33-34-37(35)32-29-27-25-23-21-17-15-13-11-8-5-2/h33-35H,4-32H2,1-3H3. The zero-order valence-corrected chi connectivity index (χ0v) is 26.1. The lowest BCUT2D eigenvalue weighted by Crippen LogP contribution is -2.39. The Balaban J connectivity index is 2.08. The Labute approximate surface area is 235 Å². The molecule has 2 heteroatoms. The van der Waals surface area contributed by atoms with Crippen molar-refractivity contribution in [3.8, 4) is 0 Å². The van der Waals surface area contributed by atoms with Gasteiger partial charge in [0.25, 0.3) is 0 Å². The molecule has 1 atom stereocenters. The second kappa shape index (κ2) is 26.9. The van der Waals surface area contributed by atoms with Crippen LogP contribution in [0, 0.1) is 0 Å². The molecule has 0 aromatic carbocycles. The van der Waals surface area contributed by atoms with Crippen LogP contribution in [0.5, 0.6) is 0 Å². The van der Waals surface area contributed by atoms with Crippen LogP contribution in [0.1, 0.15) is 194 Å². The molecular formula is C35H70N2. The molecule has 0 saturated carbocycles. The molecule has 1 aliphatic rings. The van der Waals surface area contributed by atoms with Gasteiger partial charge in [-0.1, -0.05) is 168 Å². The zero-order chi connectivity index (χ0) is 26.7. The minimum Gasteiger partial charge on any atom is -0.356 e. The lowest BCUT2D eigenvalue weighted by Gasteiger charge is -2.33. The van der Waals surface area contributed by atoms with E-state index in [2.05, 4.69) is 43.0 Å². The Kier molecular flexibility index (Phi) is 25.0. The summed E-state index contributed by atoms with van der Waals surface area (Å²) >= 11 is 0. The second-order valence-electron chi connectivity index (χ2n) is 12.2. The molecule has 0 fully saturated rings. The molecule has 0 amide bonds. The maximum absolute atomic E-state index is 2.68. The van der Waals surface area contributed by atoms with Gasteiger partial charge in [-0.2, -0.15) is 0 Å². The molecule has 37 heavy (non-hydrogen) atoms. The Morgan fingerprint density at radius 3 is 1.03 bits per heavy atom. The van der Waals surface area contributed by atoms with Gasteiger partial charge in [-0.3, -0.25) is 0 Å². The van der Waals surface area contributed by atoms with Gasteiger partial charge in [0.15, 0.2) is 0 Å². The van der Waals surface area contributed by atoms with E-state index in [-0.39, 0.29) is 0 Å². The molecule has 0 spiro atoms. The number of rotatable bonds is 29. The van der Waals surface area contributed by atoms with Crippen molar-refractivity contribution in [2.45, 2.75) is 200 Å². The largest absolute Gasteiger partial charge is 0.356 e. The maximum Gasteiger partial charge on any atom is 0.101 e. The SMILES string of the molecule is CCCCCCCCCCCCCCCC1N(CCCC)C=CN1CCCCCCCCCCCCC. The summed E-state index contributed by atoms with van der Waals surface area (Å²) in [5.41, 5.74) is 0. The predicted molar refractivity (Wildman–Crippen MR) is 168 cm³/mol. The normalized spacial score (nSPS) is 15.4. The van der Waals surface area contributed by atoms with Crippen LogP contribution >= 0.6 is 0 Å². The summed E-state index contributed by atoms with van der Waals surface area (Å²) in [4.78, 5) is 5.34. The van der Waals surface area contributed by atoms with E-state index in [4.69, 9.17) is 0 Å². The maximum atomic E-state index is 2.68. The Morgan fingerprint density at radius 2 is 0.649 bits per heavy atom. The van der Waals surface area contributed by atoms with Crippen LogP contribution in [0.4, 0.5) is 0 Å². The van der Waals surface area contributed by atoms with Crippen molar-refractivity contribution in [1.82, 2.24) is 9.80 Å². The third-order valence-corrected chi connectivity index (χ3v) is 8.57. The summed E-state index contributed by atoms with van der Waals surface area (Å²) in [5.74, 6) is 0. The third-order valence-electron chi connectivity index (χ3n) is 8.57. The fourth-order valence-corrected chi connectivity index (χ4v) is 5.98. The topological polar surface area (TPSA) is 6.48 Å². The minimum atomic E-state index is 0.641. The quantitative estimate of drug-likeness (QED) is 0.0908. The number of hydrogen-bond acceptors (Lipinski definition) is 2. The molecule has 0 aromatic heterocycles. The van der Waals surface area contributed by atoms with Gasteiger partial charge in [0.05, 0.1) is 0 Å². The van der Waals surface area contributed by atoms with Crippen LogP contribution in [0.15, 0.2) is 12.4 Å². The molecule has 2 nitrogen and oxygen atoms in total. The summed E-state index contributed by atoms with van der Waals surface area (Å²) < 4.78 is 0. The molecule has 0 saturated heterocycles. The highest BCUT2D eigenvalue weighted by Gasteiger charge is 2.24.